The number of hydrogen-bond acceptors (Lipinski definition) is 6. The number of amides is 1. The van der Waals surface area contributed by atoms with Gasteiger partial charge in [0.25, 0.3) is 5.91 Å². The van der Waals surface area contributed by atoms with Gasteiger partial charge in [-0.15, -0.1) is 0 Å². The molecule has 7 nitrogen and oxygen atoms in total. The summed E-state index contributed by atoms with van der Waals surface area (Å²) >= 11 is 1.45. The summed E-state index contributed by atoms with van der Waals surface area (Å²) in [6, 6.07) is 23.6. The molecule has 1 unspecified atom stereocenters. The highest BCUT2D eigenvalue weighted by Gasteiger charge is 2.27. The molecule has 5 rings (SSSR count). The van der Waals surface area contributed by atoms with Crippen molar-refractivity contribution in [2.45, 2.75) is 30.4 Å². The van der Waals surface area contributed by atoms with E-state index in [0.29, 0.717) is 30.4 Å². The Labute approximate surface area is 215 Å². The molecule has 9 heteroatoms. The number of likely N-dealkylation sites (N-methyl/N-ethyl adjacent to an activating group) is 1. The first kappa shape index (κ1) is 24.6. The van der Waals surface area contributed by atoms with E-state index in [-0.39, 0.29) is 16.9 Å². The summed E-state index contributed by atoms with van der Waals surface area (Å²) < 4.78 is 34.0. The van der Waals surface area contributed by atoms with Crippen molar-refractivity contribution in [2.75, 3.05) is 25.1 Å². The number of aromatic nitrogens is 1. The molecule has 0 saturated carbocycles. The van der Waals surface area contributed by atoms with Crippen molar-refractivity contribution in [3.8, 4) is 0 Å². The van der Waals surface area contributed by atoms with Gasteiger partial charge in [-0.25, -0.2) is 13.4 Å². The summed E-state index contributed by atoms with van der Waals surface area (Å²) in [7, 11) is -2.13. The molecule has 0 bridgehead atoms. The number of para-hydroxylation sites is 1. The van der Waals surface area contributed by atoms with Crippen LogP contribution < -0.4 is 4.90 Å². The minimum absolute atomic E-state index is 0.0778. The van der Waals surface area contributed by atoms with E-state index in [1.165, 1.54) is 27.8 Å². The molecule has 1 aromatic heterocycles. The standard InChI is InChI=1S/C27H27N3O4S2/c1-29(19-22-10-7-17-34-22)36(32,33)23-15-13-21(14-16-23)26(31)30(18-20-8-3-2-4-9-20)27-28-24-11-5-6-12-25(24)35-27/h2-6,8-9,11-16,22H,7,10,17-19H2,1H3. The number of carbonyl (C=O) groups excluding carboxylic acids is 1. The lowest BCUT2D eigenvalue weighted by atomic mass is 10.1. The van der Waals surface area contributed by atoms with Gasteiger partial charge < -0.3 is 4.74 Å². The number of rotatable bonds is 8. The van der Waals surface area contributed by atoms with Crippen LogP contribution in [0, 0.1) is 0 Å². The molecule has 186 valence electrons. The highest BCUT2D eigenvalue weighted by molar-refractivity contribution is 7.89. The van der Waals surface area contributed by atoms with Crippen molar-refractivity contribution in [3.05, 3.63) is 90.0 Å². The number of sulfonamides is 1. The lowest BCUT2D eigenvalue weighted by molar-refractivity contribution is 0.0978. The Morgan fingerprint density at radius 1 is 1.03 bits per heavy atom. The molecule has 0 aliphatic carbocycles. The van der Waals surface area contributed by atoms with Crippen LogP contribution in [-0.4, -0.2) is 49.9 Å². The van der Waals surface area contributed by atoms with Crippen molar-refractivity contribution >= 4 is 42.6 Å². The molecule has 1 saturated heterocycles. The van der Waals surface area contributed by atoms with Crippen LogP contribution in [0.15, 0.2) is 83.8 Å². The van der Waals surface area contributed by atoms with Gasteiger partial charge in [0.15, 0.2) is 5.13 Å². The zero-order valence-electron chi connectivity index (χ0n) is 19.9. The molecule has 1 aliphatic rings. The monoisotopic (exact) mass is 521 g/mol. The topological polar surface area (TPSA) is 79.8 Å². The SMILES string of the molecule is CN(CC1CCCO1)S(=O)(=O)c1ccc(C(=O)N(Cc2ccccc2)c2nc3ccccc3s2)cc1. The van der Waals surface area contributed by atoms with Crippen molar-refractivity contribution in [1.29, 1.82) is 0 Å². The number of anilines is 1. The highest BCUT2D eigenvalue weighted by Crippen LogP contribution is 2.31. The highest BCUT2D eigenvalue weighted by atomic mass is 32.2. The van der Waals surface area contributed by atoms with Gasteiger partial charge in [0, 0.05) is 25.8 Å². The molecule has 4 aromatic rings. The predicted octanol–water partition coefficient (Wildman–Crippen LogP) is 4.94. The molecule has 0 N–H and O–H groups in total. The molecular formula is C27H27N3O4S2. The summed E-state index contributed by atoms with van der Waals surface area (Å²) in [5.74, 6) is -0.241. The molecule has 1 amide bonds. The fraction of sp³-hybridized carbons (Fsp3) is 0.259. The number of nitrogens with zero attached hydrogens (tertiary/aromatic N) is 3. The maximum Gasteiger partial charge on any atom is 0.260 e. The van der Waals surface area contributed by atoms with Crippen LogP contribution in [0.2, 0.25) is 0 Å². The van der Waals surface area contributed by atoms with Crippen molar-refractivity contribution < 1.29 is 17.9 Å². The van der Waals surface area contributed by atoms with E-state index < -0.39 is 10.0 Å². The van der Waals surface area contributed by atoms with Gasteiger partial charge >= 0.3 is 0 Å². The summed E-state index contributed by atoms with van der Waals surface area (Å²) in [5.41, 5.74) is 2.20. The Morgan fingerprint density at radius 3 is 2.44 bits per heavy atom. The first-order chi connectivity index (χ1) is 17.4. The number of thiazole rings is 1. The van der Waals surface area contributed by atoms with Crippen molar-refractivity contribution in [1.82, 2.24) is 9.29 Å². The maximum atomic E-state index is 13.7. The van der Waals surface area contributed by atoms with Crippen LogP contribution in [0.4, 0.5) is 5.13 Å². The van der Waals surface area contributed by atoms with E-state index in [9.17, 15) is 13.2 Å². The number of benzene rings is 3. The normalized spacial score (nSPS) is 16.0. The Hall–Kier alpha value is -3.11. The van der Waals surface area contributed by atoms with Gasteiger partial charge in [0.1, 0.15) is 0 Å². The second-order valence-electron chi connectivity index (χ2n) is 8.79. The fourth-order valence-electron chi connectivity index (χ4n) is 4.25. The summed E-state index contributed by atoms with van der Waals surface area (Å²) in [4.78, 5) is 20.2. The number of fused-ring (bicyclic) bond motifs is 1. The van der Waals surface area contributed by atoms with E-state index in [1.54, 1.807) is 24.1 Å². The average Bonchev–Trinajstić information content (AvgIpc) is 3.57. The number of carbonyl (C=O) groups is 1. The largest absolute Gasteiger partial charge is 0.377 e. The molecule has 36 heavy (non-hydrogen) atoms. The van der Waals surface area contributed by atoms with Crippen molar-refractivity contribution in [3.63, 3.8) is 0 Å². The Kier molecular flexibility index (Phi) is 7.15. The fourth-order valence-corrected chi connectivity index (χ4v) is 6.41. The molecule has 0 spiro atoms. The molecule has 0 radical (unpaired) electrons. The summed E-state index contributed by atoms with van der Waals surface area (Å²) in [5, 5.41) is 0.595. The van der Waals surface area contributed by atoms with Gasteiger partial charge in [0.2, 0.25) is 10.0 Å². The predicted molar refractivity (Wildman–Crippen MR) is 142 cm³/mol. The van der Waals surface area contributed by atoms with E-state index in [2.05, 4.69) is 0 Å². The van der Waals surface area contributed by atoms with Gasteiger partial charge in [-0.3, -0.25) is 9.69 Å². The first-order valence-corrected chi connectivity index (χ1v) is 14.1. The Morgan fingerprint density at radius 2 is 1.75 bits per heavy atom. The Bertz CT molecular complexity index is 1410. The second kappa shape index (κ2) is 10.5. The summed E-state index contributed by atoms with van der Waals surface area (Å²) in [6.07, 6.45) is 1.73. The van der Waals surface area contributed by atoms with E-state index in [4.69, 9.17) is 9.72 Å². The third-order valence-electron chi connectivity index (χ3n) is 6.24. The third-order valence-corrected chi connectivity index (χ3v) is 9.13. The molecule has 3 aromatic carbocycles. The molecule has 1 aliphatic heterocycles. The van der Waals surface area contributed by atoms with E-state index >= 15 is 0 Å². The quantitative estimate of drug-likeness (QED) is 0.328. The van der Waals surface area contributed by atoms with Crippen LogP contribution in [0.25, 0.3) is 10.2 Å². The van der Waals surface area contributed by atoms with Crippen molar-refractivity contribution in [2.24, 2.45) is 0 Å². The van der Waals surface area contributed by atoms with Gasteiger partial charge in [-0.1, -0.05) is 53.8 Å². The molecule has 1 fully saturated rings. The minimum Gasteiger partial charge on any atom is -0.377 e. The van der Waals surface area contributed by atoms with Crippen LogP contribution in [0.5, 0.6) is 0 Å². The van der Waals surface area contributed by atoms with E-state index in [1.807, 2.05) is 54.6 Å². The lowest BCUT2D eigenvalue weighted by Crippen LogP contribution is -2.34. The molecule has 2 heterocycles. The zero-order valence-corrected chi connectivity index (χ0v) is 21.5. The second-order valence-corrected chi connectivity index (χ2v) is 11.8. The first-order valence-electron chi connectivity index (χ1n) is 11.8. The van der Waals surface area contributed by atoms with Crippen LogP contribution in [-0.2, 0) is 21.3 Å². The van der Waals surface area contributed by atoms with Gasteiger partial charge in [-0.05, 0) is 54.8 Å². The van der Waals surface area contributed by atoms with Crippen LogP contribution >= 0.6 is 11.3 Å². The van der Waals surface area contributed by atoms with Gasteiger partial charge in [0.05, 0.1) is 27.8 Å². The third kappa shape index (κ3) is 5.19. The van der Waals surface area contributed by atoms with Crippen LogP contribution in [0.1, 0.15) is 28.8 Å². The minimum atomic E-state index is -3.69. The van der Waals surface area contributed by atoms with Gasteiger partial charge in [-0.2, -0.15) is 4.31 Å². The summed E-state index contributed by atoms with van der Waals surface area (Å²) in [6.45, 7) is 1.33. The number of ether oxygens (including phenoxy) is 1. The molecular weight excluding hydrogens is 494 g/mol. The number of hydrogen-bond donors (Lipinski definition) is 0. The maximum absolute atomic E-state index is 13.7. The van der Waals surface area contributed by atoms with E-state index in [0.717, 1.165) is 28.6 Å². The van der Waals surface area contributed by atoms with Crippen LogP contribution in [0.3, 0.4) is 0 Å². The zero-order chi connectivity index (χ0) is 25.1. The Balaban J connectivity index is 1.41. The lowest BCUT2D eigenvalue weighted by Gasteiger charge is -2.22. The smallest absolute Gasteiger partial charge is 0.260 e. The average molecular weight is 522 g/mol. The molecule has 1 atom stereocenters.